The van der Waals surface area contributed by atoms with Crippen molar-refractivity contribution >= 4 is 29.7 Å². The van der Waals surface area contributed by atoms with Crippen molar-refractivity contribution in [3.63, 3.8) is 0 Å². The summed E-state index contributed by atoms with van der Waals surface area (Å²) in [7, 11) is 0. The van der Waals surface area contributed by atoms with E-state index in [-0.39, 0.29) is 29.3 Å². The zero-order valence-corrected chi connectivity index (χ0v) is 19.4. The molecular weight excluding hydrogens is 402 g/mol. The normalized spacial score (nSPS) is 24.5. The van der Waals surface area contributed by atoms with Crippen molar-refractivity contribution in [3.05, 3.63) is 0 Å². The molecule has 2 saturated carbocycles. The molecule has 0 bridgehead atoms. The average Bonchev–Trinajstić information content (AvgIpc) is 3.05. The van der Waals surface area contributed by atoms with E-state index in [1.807, 2.05) is 0 Å². The molecule has 7 nitrogen and oxygen atoms in total. The van der Waals surface area contributed by atoms with Gasteiger partial charge in [-0.15, -0.1) is 11.8 Å². The maximum Gasteiger partial charge on any atom is 0.408 e. The second-order valence-electron chi connectivity index (χ2n) is 9.80. The third kappa shape index (κ3) is 5.83. The van der Waals surface area contributed by atoms with E-state index in [0.717, 1.165) is 51.4 Å². The van der Waals surface area contributed by atoms with E-state index >= 15 is 0 Å². The van der Waals surface area contributed by atoms with Crippen LogP contribution in [-0.2, 0) is 14.3 Å². The van der Waals surface area contributed by atoms with E-state index < -0.39 is 17.7 Å². The van der Waals surface area contributed by atoms with Gasteiger partial charge in [-0.1, -0.05) is 38.5 Å². The van der Waals surface area contributed by atoms with Crippen LogP contribution in [0.3, 0.4) is 0 Å². The van der Waals surface area contributed by atoms with Gasteiger partial charge in [-0.05, 0) is 46.5 Å². The second kappa shape index (κ2) is 9.79. The van der Waals surface area contributed by atoms with E-state index in [1.165, 1.54) is 12.8 Å². The molecule has 0 unspecified atom stereocenters. The number of rotatable bonds is 4. The predicted octanol–water partition coefficient (Wildman–Crippen LogP) is 3.56. The van der Waals surface area contributed by atoms with E-state index in [0.29, 0.717) is 5.75 Å². The van der Waals surface area contributed by atoms with Crippen LogP contribution in [0.1, 0.15) is 85.0 Å². The summed E-state index contributed by atoms with van der Waals surface area (Å²) >= 11 is 1.75. The zero-order chi connectivity index (χ0) is 21.8. The molecule has 30 heavy (non-hydrogen) atoms. The lowest BCUT2D eigenvalue weighted by atomic mass is 9.92. The fraction of sp³-hybridized carbons (Fsp3) is 0.864. The highest BCUT2D eigenvalue weighted by Gasteiger charge is 2.52. The fourth-order valence-corrected chi connectivity index (χ4v) is 6.55. The molecule has 1 aliphatic heterocycles. The van der Waals surface area contributed by atoms with Crippen molar-refractivity contribution in [2.24, 2.45) is 0 Å². The summed E-state index contributed by atoms with van der Waals surface area (Å²) in [5.41, 5.74) is -0.621. The van der Waals surface area contributed by atoms with Crippen molar-refractivity contribution in [1.82, 2.24) is 15.5 Å². The Hall–Kier alpha value is -1.44. The van der Waals surface area contributed by atoms with Gasteiger partial charge >= 0.3 is 6.09 Å². The van der Waals surface area contributed by atoms with Crippen LogP contribution in [0.15, 0.2) is 0 Å². The second-order valence-corrected chi connectivity index (χ2v) is 11.2. The van der Waals surface area contributed by atoms with Gasteiger partial charge in [0.05, 0.1) is 4.87 Å². The van der Waals surface area contributed by atoms with E-state index in [2.05, 4.69) is 10.6 Å². The molecule has 1 atom stereocenters. The molecule has 0 aromatic heterocycles. The van der Waals surface area contributed by atoms with Crippen LogP contribution in [0.25, 0.3) is 0 Å². The van der Waals surface area contributed by atoms with Gasteiger partial charge in [0.25, 0.3) is 0 Å². The number of ether oxygens (including phenoxy) is 1. The van der Waals surface area contributed by atoms with Gasteiger partial charge in [0.1, 0.15) is 18.2 Å². The molecule has 2 aliphatic carbocycles. The number of thioether (sulfide) groups is 1. The number of hydrogen-bond donors (Lipinski definition) is 2. The van der Waals surface area contributed by atoms with Crippen molar-refractivity contribution in [2.45, 2.75) is 108 Å². The Labute approximate surface area is 184 Å². The largest absolute Gasteiger partial charge is 0.444 e. The first-order valence-corrected chi connectivity index (χ1v) is 12.4. The van der Waals surface area contributed by atoms with Crippen LogP contribution in [0.4, 0.5) is 4.79 Å². The maximum atomic E-state index is 13.3. The number of nitrogens with one attached hydrogen (secondary N) is 2. The Kier molecular flexibility index (Phi) is 7.58. The molecule has 2 N–H and O–H groups in total. The van der Waals surface area contributed by atoms with E-state index in [1.54, 1.807) is 37.4 Å². The molecule has 3 aliphatic rings. The number of carbonyl (C=O) groups excluding carboxylic acids is 3. The topological polar surface area (TPSA) is 87.7 Å². The Morgan fingerprint density at radius 2 is 1.67 bits per heavy atom. The number of amides is 3. The van der Waals surface area contributed by atoms with Gasteiger partial charge in [0.15, 0.2) is 0 Å². The Morgan fingerprint density at radius 1 is 1.03 bits per heavy atom. The van der Waals surface area contributed by atoms with Crippen LogP contribution in [0.2, 0.25) is 0 Å². The minimum absolute atomic E-state index is 0.0394. The molecule has 0 radical (unpaired) electrons. The fourth-order valence-electron chi connectivity index (χ4n) is 4.84. The third-order valence-electron chi connectivity index (χ3n) is 6.20. The summed E-state index contributed by atoms with van der Waals surface area (Å²) in [6.07, 6.45) is 10.1. The highest BCUT2D eigenvalue weighted by Crippen LogP contribution is 2.49. The molecule has 170 valence electrons. The number of hydrogen-bond acceptors (Lipinski definition) is 5. The summed E-state index contributed by atoms with van der Waals surface area (Å²) in [6.45, 7) is 5.21. The van der Waals surface area contributed by atoms with Crippen molar-refractivity contribution in [2.75, 3.05) is 12.3 Å². The lowest BCUT2D eigenvalue weighted by molar-refractivity contribution is -0.143. The molecule has 3 rings (SSSR count). The van der Waals surface area contributed by atoms with E-state index in [9.17, 15) is 14.4 Å². The summed E-state index contributed by atoms with van der Waals surface area (Å²) in [6, 6.07) is -0.251. The molecule has 8 heteroatoms. The highest BCUT2D eigenvalue weighted by molar-refractivity contribution is 8.01. The maximum absolute atomic E-state index is 13.3. The molecule has 3 fully saturated rings. The minimum Gasteiger partial charge on any atom is -0.444 e. The van der Waals surface area contributed by atoms with Crippen molar-refractivity contribution < 1.29 is 19.1 Å². The van der Waals surface area contributed by atoms with Gasteiger partial charge in [0.2, 0.25) is 11.8 Å². The Balaban J connectivity index is 1.68. The molecule has 1 spiro atoms. The van der Waals surface area contributed by atoms with E-state index in [4.69, 9.17) is 4.74 Å². The van der Waals surface area contributed by atoms with Crippen molar-refractivity contribution in [3.8, 4) is 0 Å². The first-order valence-electron chi connectivity index (χ1n) is 11.4. The van der Waals surface area contributed by atoms with Gasteiger partial charge in [-0.25, -0.2) is 4.79 Å². The number of carbonyl (C=O) groups is 3. The first kappa shape index (κ1) is 23.2. The lowest BCUT2D eigenvalue weighted by Gasteiger charge is -2.42. The predicted molar refractivity (Wildman–Crippen MR) is 118 cm³/mol. The quantitative estimate of drug-likeness (QED) is 0.699. The summed E-state index contributed by atoms with van der Waals surface area (Å²) in [4.78, 5) is 39.9. The Bertz CT molecular complexity index is 637. The molecule has 0 aromatic rings. The third-order valence-corrected chi connectivity index (χ3v) is 7.83. The van der Waals surface area contributed by atoms with Crippen LogP contribution in [0, 0.1) is 0 Å². The molecule has 3 amide bonds. The van der Waals surface area contributed by atoms with Crippen molar-refractivity contribution in [1.29, 1.82) is 0 Å². The van der Waals surface area contributed by atoms with Crippen LogP contribution in [-0.4, -0.2) is 57.7 Å². The molecule has 0 aromatic carbocycles. The van der Waals surface area contributed by atoms with Gasteiger partial charge in [0, 0.05) is 11.8 Å². The molecule has 1 heterocycles. The monoisotopic (exact) mass is 439 g/mol. The molecular formula is C22H37N3O4S. The first-order chi connectivity index (χ1) is 14.2. The standard InChI is InChI=1S/C22H37N3O4S/c1-21(2,3)29-20(28)23-14-18(26)25-17(15-30-22(25)12-8-5-9-13-22)19(27)24-16-10-6-4-7-11-16/h16-17H,4-15H2,1-3H3,(H,23,28)(H,24,27)/t17-/m0/s1. The molecule has 1 saturated heterocycles. The SMILES string of the molecule is CC(C)(C)OC(=O)NCC(=O)N1[C@H](C(=O)NC2CCCCC2)CSC12CCCCC2. The van der Waals surface area contributed by atoms with Gasteiger partial charge in [-0.3, -0.25) is 9.59 Å². The highest BCUT2D eigenvalue weighted by atomic mass is 32.2. The summed E-state index contributed by atoms with van der Waals surface area (Å²) in [5.74, 6) is 0.385. The van der Waals surface area contributed by atoms with Crippen LogP contribution in [0.5, 0.6) is 0 Å². The van der Waals surface area contributed by atoms with Crippen LogP contribution >= 0.6 is 11.8 Å². The smallest absolute Gasteiger partial charge is 0.408 e. The number of alkyl carbamates (subject to hydrolysis) is 1. The minimum atomic E-state index is -0.621. The lowest BCUT2D eigenvalue weighted by Crippen LogP contribution is -2.58. The summed E-state index contributed by atoms with van der Waals surface area (Å²) in [5, 5.41) is 5.79. The average molecular weight is 440 g/mol. The van der Waals surface area contributed by atoms with Gasteiger partial charge in [-0.2, -0.15) is 0 Å². The zero-order valence-electron chi connectivity index (χ0n) is 18.6. The Morgan fingerprint density at radius 3 is 2.30 bits per heavy atom. The number of nitrogens with zero attached hydrogens (tertiary/aromatic N) is 1. The summed E-state index contributed by atoms with van der Waals surface area (Å²) < 4.78 is 5.26. The van der Waals surface area contributed by atoms with Gasteiger partial charge < -0.3 is 20.3 Å². The van der Waals surface area contributed by atoms with Crippen LogP contribution < -0.4 is 10.6 Å².